The Bertz CT molecular complexity index is 751. The topological polar surface area (TPSA) is 60.0 Å². The van der Waals surface area contributed by atoms with E-state index in [0.29, 0.717) is 31.1 Å². The van der Waals surface area contributed by atoms with Gasteiger partial charge in [-0.05, 0) is 36.2 Å². The molecule has 0 saturated carbocycles. The van der Waals surface area contributed by atoms with Crippen molar-refractivity contribution < 1.29 is 19.0 Å². The van der Waals surface area contributed by atoms with Gasteiger partial charge in [0.2, 0.25) is 0 Å². The van der Waals surface area contributed by atoms with Gasteiger partial charge in [-0.25, -0.2) is 4.79 Å². The van der Waals surface area contributed by atoms with Crippen molar-refractivity contribution in [3.63, 3.8) is 0 Å². The fourth-order valence-corrected chi connectivity index (χ4v) is 3.16. The van der Waals surface area contributed by atoms with Crippen LogP contribution in [0.2, 0.25) is 0 Å². The van der Waals surface area contributed by atoms with Crippen LogP contribution in [0.1, 0.15) is 12.0 Å². The summed E-state index contributed by atoms with van der Waals surface area (Å²) in [6, 6.07) is 15.5. The van der Waals surface area contributed by atoms with Gasteiger partial charge in [0.05, 0.1) is 20.8 Å². The Hall–Kier alpha value is -2.89. The van der Waals surface area contributed by atoms with E-state index in [9.17, 15) is 4.79 Å². The highest BCUT2D eigenvalue weighted by atomic mass is 16.5. The highest BCUT2D eigenvalue weighted by Crippen LogP contribution is 2.27. The number of nitrogens with one attached hydrogen (secondary N) is 1. The van der Waals surface area contributed by atoms with E-state index in [4.69, 9.17) is 14.2 Å². The fourth-order valence-electron chi connectivity index (χ4n) is 3.16. The summed E-state index contributed by atoms with van der Waals surface area (Å²) in [6.07, 6.45) is 1.62. The second-order valence-electron chi connectivity index (χ2n) is 6.46. The lowest BCUT2D eigenvalue weighted by Crippen LogP contribution is -2.40. The molecule has 6 nitrogen and oxygen atoms in total. The molecule has 1 aliphatic rings. The van der Waals surface area contributed by atoms with Crippen LogP contribution in [0.4, 0.5) is 4.79 Å². The number of nitrogens with zero attached hydrogens (tertiary/aromatic N) is 1. The lowest BCUT2D eigenvalue weighted by atomic mass is 10.1. The molecule has 0 aliphatic carbocycles. The Morgan fingerprint density at radius 1 is 1.11 bits per heavy atom. The number of methoxy groups -OCH3 is 2. The third-order valence-electron chi connectivity index (χ3n) is 4.62. The Balaban J connectivity index is 1.43. The number of para-hydroxylation sites is 1. The fraction of sp³-hybridized carbons (Fsp3) is 0.381. The van der Waals surface area contributed by atoms with Gasteiger partial charge >= 0.3 is 6.03 Å². The Kier molecular flexibility index (Phi) is 6.41. The molecule has 1 fully saturated rings. The van der Waals surface area contributed by atoms with Crippen LogP contribution in [-0.2, 0) is 6.42 Å². The lowest BCUT2D eigenvalue weighted by molar-refractivity contribution is 0.187. The first-order valence-electron chi connectivity index (χ1n) is 9.15. The average molecular weight is 370 g/mol. The van der Waals surface area contributed by atoms with Gasteiger partial charge in [-0.1, -0.05) is 24.3 Å². The minimum Gasteiger partial charge on any atom is -0.493 e. The van der Waals surface area contributed by atoms with Crippen molar-refractivity contribution in [3.05, 3.63) is 54.1 Å². The first kappa shape index (κ1) is 18.9. The van der Waals surface area contributed by atoms with E-state index in [0.717, 1.165) is 24.2 Å². The Labute approximate surface area is 160 Å². The van der Waals surface area contributed by atoms with Crippen LogP contribution in [0, 0.1) is 0 Å². The van der Waals surface area contributed by atoms with Crippen LogP contribution < -0.4 is 19.5 Å². The summed E-state index contributed by atoms with van der Waals surface area (Å²) < 4.78 is 16.5. The molecule has 6 heteroatoms. The SMILES string of the molecule is COc1ccc(CCNC(=O)N2CC[C@@H](Oc3ccccc3)C2)cc1OC. The number of amides is 2. The van der Waals surface area contributed by atoms with Gasteiger partial charge in [0, 0.05) is 19.5 Å². The summed E-state index contributed by atoms with van der Waals surface area (Å²) in [7, 11) is 3.23. The van der Waals surface area contributed by atoms with E-state index in [1.165, 1.54) is 0 Å². The highest BCUT2D eigenvalue weighted by molar-refractivity contribution is 5.74. The summed E-state index contributed by atoms with van der Waals surface area (Å²) in [5.74, 6) is 2.24. The molecule has 0 spiro atoms. The average Bonchev–Trinajstić information content (AvgIpc) is 3.17. The number of carbonyl (C=O) groups is 1. The van der Waals surface area contributed by atoms with Crippen LogP contribution >= 0.6 is 0 Å². The second-order valence-corrected chi connectivity index (χ2v) is 6.46. The molecule has 2 aromatic rings. The van der Waals surface area contributed by atoms with Crippen molar-refractivity contribution >= 4 is 6.03 Å². The molecular weight excluding hydrogens is 344 g/mol. The molecule has 1 heterocycles. The van der Waals surface area contributed by atoms with E-state index in [1.807, 2.05) is 53.4 Å². The van der Waals surface area contributed by atoms with E-state index in [1.54, 1.807) is 14.2 Å². The molecule has 0 radical (unpaired) electrons. The maximum absolute atomic E-state index is 12.4. The van der Waals surface area contributed by atoms with Gasteiger partial charge in [0.15, 0.2) is 11.5 Å². The molecule has 2 amide bonds. The van der Waals surface area contributed by atoms with Crippen LogP contribution in [0.5, 0.6) is 17.2 Å². The molecule has 1 N–H and O–H groups in total. The number of hydrogen-bond acceptors (Lipinski definition) is 4. The maximum atomic E-state index is 12.4. The minimum atomic E-state index is -0.0466. The van der Waals surface area contributed by atoms with Crippen molar-refractivity contribution in [2.75, 3.05) is 33.9 Å². The van der Waals surface area contributed by atoms with Gasteiger partial charge in [-0.3, -0.25) is 0 Å². The van der Waals surface area contributed by atoms with Crippen LogP contribution in [0.3, 0.4) is 0 Å². The van der Waals surface area contributed by atoms with E-state index >= 15 is 0 Å². The zero-order chi connectivity index (χ0) is 19.1. The van der Waals surface area contributed by atoms with Crippen molar-refractivity contribution in [2.45, 2.75) is 18.9 Å². The molecule has 2 aromatic carbocycles. The molecule has 1 saturated heterocycles. The molecule has 0 aromatic heterocycles. The number of likely N-dealkylation sites (tertiary alicyclic amines) is 1. The Morgan fingerprint density at radius 3 is 2.63 bits per heavy atom. The third kappa shape index (κ3) is 5.06. The zero-order valence-corrected chi connectivity index (χ0v) is 15.8. The molecule has 3 rings (SSSR count). The molecule has 0 unspecified atom stereocenters. The Morgan fingerprint density at radius 2 is 1.89 bits per heavy atom. The second kappa shape index (κ2) is 9.16. The number of rotatable bonds is 7. The standard InChI is InChI=1S/C21H26N2O4/c1-25-19-9-8-16(14-20(19)26-2)10-12-22-21(24)23-13-11-18(15-23)27-17-6-4-3-5-7-17/h3-9,14,18H,10-13,15H2,1-2H3,(H,22,24)/t18-/m1/s1. The predicted octanol–water partition coefficient (Wildman–Crippen LogP) is 3.11. The number of benzene rings is 2. The summed E-state index contributed by atoms with van der Waals surface area (Å²) >= 11 is 0. The van der Waals surface area contributed by atoms with Gasteiger partial charge in [0.1, 0.15) is 11.9 Å². The summed E-state index contributed by atoms with van der Waals surface area (Å²) in [5, 5.41) is 2.98. The van der Waals surface area contributed by atoms with Crippen LogP contribution in [0.25, 0.3) is 0 Å². The predicted molar refractivity (Wildman–Crippen MR) is 104 cm³/mol. The first-order valence-corrected chi connectivity index (χ1v) is 9.15. The van der Waals surface area contributed by atoms with Gasteiger partial charge in [-0.2, -0.15) is 0 Å². The smallest absolute Gasteiger partial charge is 0.317 e. The molecule has 1 atom stereocenters. The molecule has 1 aliphatic heterocycles. The van der Waals surface area contributed by atoms with Crippen molar-refractivity contribution in [1.29, 1.82) is 0 Å². The van der Waals surface area contributed by atoms with E-state index in [2.05, 4.69) is 5.32 Å². The van der Waals surface area contributed by atoms with Crippen LogP contribution in [-0.4, -0.2) is 50.9 Å². The van der Waals surface area contributed by atoms with Gasteiger partial charge in [-0.15, -0.1) is 0 Å². The van der Waals surface area contributed by atoms with Crippen molar-refractivity contribution in [2.24, 2.45) is 0 Å². The van der Waals surface area contributed by atoms with E-state index in [-0.39, 0.29) is 12.1 Å². The number of ether oxygens (including phenoxy) is 3. The number of carbonyl (C=O) groups excluding carboxylic acids is 1. The summed E-state index contributed by atoms with van der Waals surface area (Å²) in [5.41, 5.74) is 1.08. The quantitative estimate of drug-likeness (QED) is 0.814. The number of hydrogen-bond donors (Lipinski definition) is 1. The highest BCUT2D eigenvalue weighted by Gasteiger charge is 2.27. The summed E-state index contributed by atoms with van der Waals surface area (Å²) in [4.78, 5) is 14.2. The van der Waals surface area contributed by atoms with Crippen molar-refractivity contribution in [3.8, 4) is 17.2 Å². The minimum absolute atomic E-state index is 0.0454. The summed E-state index contributed by atoms with van der Waals surface area (Å²) in [6.45, 7) is 1.88. The third-order valence-corrected chi connectivity index (χ3v) is 4.62. The maximum Gasteiger partial charge on any atom is 0.317 e. The monoisotopic (exact) mass is 370 g/mol. The molecule has 0 bridgehead atoms. The number of urea groups is 1. The van der Waals surface area contributed by atoms with Gasteiger partial charge < -0.3 is 24.4 Å². The zero-order valence-electron chi connectivity index (χ0n) is 15.8. The van der Waals surface area contributed by atoms with Crippen molar-refractivity contribution in [1.82, 2.24) is 10.2 Å². The lowest BCUT2D eigenvalue weighted by Gasteiger charge is -2.18. The molecular formula is C21H26N2O4. The van der Waals surface area contributed by atoms with Crippen LogP contribution in [0.15, 0.2) is 48.5 Å². The van der Waals surface area contributed by atoms with Gasteiger partial charge in [0.25, 0.3) is 0 Å². The molecule has 144 valence electrons. The largest absolute Gasteiger partial charge is 0.493 e. The normalized spacial score (nSPS) is 16.1. The van der Waals surface area contributed by atoms with E-state index < -0.39 is 0 Å². The molecule has 27 heavy (non-hydrogen) atoms. The first-order chi connectivity index (χ1) is 13.2.